The zero-order valence-electron chi connectivity index (χ0n) is 20.7. The first-order valence-corrected chi connectivity index (χ1v) is 11.8. The van der Waals surface area contributed by atoms with Crippen LogP contribution in [0.2, 0.25) is 0 Å². The van der Waals surface area contributed by atoms with E-state index in [1.165, 1.54) is 0 Å². The summed E-state index contributed by atoms with van der Waals surface area (Å²) in [5.74, 6) is 0.0273. The Balaban J connectivity index is 1.80. The van der Waals surface area contributed by atoms with Crippen LogP contribution in [0.15, 0.2) is 23.3 Å². The number of nitrogens with one attached hydrogen (secondary N) is 2. The van der Waals surface area contributed by atoms with E-state index in [-0.39, 0.29) is 17.7 Å². The van der Waals surface area contributed by atoms with Crippen molar-refractivity contribution in [1.82, 2.24) is 20.1 Å². The lowest BCUT2D eigenvalue weighted by Crippen LogP contribution is -2.59. The molecular formula is C25H37N5O3. The molecule has 1 aromatic rings. The molecule has 0 bridgehead atoms. The third kappa shape index (κ3) is 5.92. The van der Waals surface area contributed by atoms with Crippen molar-refractivity contribution in [2.24, 2.45) is 16.3 Å². The molecule has 2 heterocycles. The van der Waals surface area contributed by atoms with Gasteiger partial charge in [-0.2, -0.15) is 0 Å². The maximum absolute atomic E-state index is 13.4. The van der Waals surface area contributed by atoms with Crippen LogP contribution in [0.4, 0.5) is 5.69 Å². The smallest absolute Gasteiger partial charge is 0.255 e. The second-order valence-electron chi connectivity index (χ2n) is 10.1. The molecule has 1 unspecified atom stereocenters. The van der Waals surface area contributed by atoms with Gasteiger partial charge in [-0.1, -0.05) is 26.8 Å². The van der Waals surface area contributed by atoms with Crippen LogP contribution >= 0.6 is 0 Å². The van der Waals surface area contributed by atoms with Crippen molar-refractivity contribution in [2.45, 2.75) is 60.4 Å². The van der Waals surface area contributed by atoms with Crippen LogP contribution in [-0.2, 0) is 9.59 Å². The maximum Gasteiger partial charge on any atom is 0.255 e. The Morgan fingerprint density at radius 3 is 2.27 bits per heavy atom. The van der Waals surface area contributed by atoms with Gasteiger partial charge in [0, 0.05) is 56.6 Å². The number of aromatic nitrogens is 1. The zero-order valence-corrected chi connectivity index (χ0v) is 20.7. The summed E-state index contributed by atoms with van der Waals surface area (Å²) in [6, 6.07) is -0.695. The molecule has 1 aliphatic carbocycles. The van der Waals surface area contributed by atoms with Crippen molar-refractivity contribution in [1.29, 1.82) is 0 Å². The number of carbonyl (C=O) groups excluding carboxylic acids is 3. The first kappa shape index (κ1) is 24.7. The number of carbonyl (C=O) groups is 3. The fraction of sp³-hybridized carbons (Fsp3) is 0.600. The van der Waals surface area contributed by atoms with E-state index in [2.05, 4.69) is 10.3 Å². The summed E-state index contributed by atoms with van der Waals surface area (Å²) in [5, 5.41) is 2.99. The number of hydrogen-bond acceptors (Lipinski definition) is 4. The first-order valence-electron chi connectivity index (χ1n) is 11.8. The number of amides is 3. The normalized spacial score (nSPS) is 18.5. The van der Waals surface area contributed by atoms with Gasteiger partial charge in [0.2, 0.25) is 11.8 Å². The fourth-order valence-corrected chi connectivity index (χ4v) is 4.06. The van der Waals surface area contributed by atoms with Crippen LogP contribution in [0.1, 0.15) is 63.5 Å². The van der Waals surface area contributed by atoms with Gasteiger partial charge in [-0.15, -0.1) is 0 Å². The molecule has 3 amide bonds. The highest BCUT2D eigenvalue weighted by molar-refractivity contribution is 6.05. The van der Waals surface area contributed by atoms with Gasteiger partial charge in [0.25, 0.3) is 5.91 Å². The second-order valence-corrected chi connectivity index (χ2v) is 10.1. The molecular weight excluding hydrogens is 418 g/mol. The molecule has 0 aromatic carbocycles. The predicted molar refractivity (Wildman–Crippen MR) is 130 cm³/mol. The van der Waals surface area contributed by atoms with Gasteiger partial charge in [0.1, 0.15) is 6.04 Å². The van der Waals surface area contributed by atoms with Crippen molar-refractivity contribution < 1.29 is 14.4 Å². The number of aliphatic imine (C=N–C) groups is 1. The minimum Gasteiger partial charge on any atom is -0.363 e. The molecule has 1 aromatic heterocycles. The number of aromatic amines is 1. The van der Waals surface area contributed by atoms with Gasteiger partial charge in [-0.05, 0) is 38.2 Å². The molecule has 1 atom stereocenters. The number of nitrogens with zero attached hydrogens (tertiary/aromatic N) is 3. The van der Waals surface area contributed by atoms with Crippen LogP contribution in [0.25, 0.3) is 0 Å². The average Bonchev–Trinajstić information content (AvgIpc) is 3.54. The Kier molecular flexibility index (Phi) is 7.44. The molecule has 1 saturated heterocycles. The highest BCUT2D eigenvalue weighted by Crippen LogP contribution is 2.34. The highest BCUT2D eigenvalue weighted by Gasteiger charge is 2.37. The molecule has 2 aliphatic rings. The maximum atomic E-state index is 13.4. The van der Waals surface area contributed by atoms with E-state index in [9.17, 15) is 14.4 Å². The summed E-state index contributed by atoms with van der Waals surface area (Å²) in [6.07, 6.45) is 7.88. The van der Waals surface area contributed by atoms with Gasteiger partial charge in [-0.3, -0.25) is 19.4 Å². The molecule has 3 rings (SSSR count). The minimum atomic E-state index is -0.695. The Labute approximate surface area is 196 Å². The third-order valence-corrected chi connectivity index (χ3v) is 6.29. The van der Waals surface area contributed by atoms with Crippen molar-refractivity contribution in [3.63, 3.8) is 0 Å². The van der Waals surface area contributed by atoms with E-state index in [0.717, 1.165) is 24.2 Å². The highest BCUT2D eigenvalue weighted by atomic mass is 16.2. The summed E-state index contributed by atoms with van der Waals surface area (Å²) in [5.41, 5.74) is 2.40. The summed E-state index contributed by atoms with van der Waals surface area (Å²) >= 11 is 0. The van der Waals surface area contributed by atoms with E-state index < -0.39 is 11.5 Å². The van der Waals surface area contributed by atoms with Crippen molar-refractivity contribution in [2.75, 3.05) is 26.2 Å². The molecule has 8 heteroatoms. The SMILES string of the molecule is CC=CC(=Nc1c(C(=O)NC(C(=O)N2CCN(C(C)=O)CC2)C(C)(C)C)c[nH]c1C)C1CC1. The Hall–Kier alpha value is -2.90. The van der Waals surface area contributed by atoms with Crippen molar-refractivity contribution in [3.8, 4) is 0 Å². The Bertz CT molecular complexity index is 957. The number of allylic oxidation sites excluding steroid dienone is 2. The zero-order chi connectivity index (χ0) is 24.3. The van der Waals surface area contributed by atoms with E-state index in [1.54, 1.807) is 22.9 Å². The Morgan fingerprint density at radius 1 is 1.15 bits per heavy atom. The van der Waals surface area contributed by atoms with E-state index in [0.29, 0.717) is 43.3 Å². The third-order valence-electron chi connectivity index (χ3n) is 6.29. The standard InChI is InChI=1S/C25H37N5O3/c1-7-8-20(18-9-10-18)27-21-16(2)26-15-19(21)23(32)28-22(25(4,5)6)24(33)30-13-11-29(12-14-30)17(3)31/h7-8,15,18,22,26H,9-14H2,1-6H3,(H,28,32). The fourth-order valence-electron chi connectivity index (χ4n) is 4.06. The number of hydrogen-bond donors (Lipinski definition) is 2. The molecule has 180 valence electrons. The largest absolute Gasteiger partial charge is 0.363 e. The van der Waals surface area contributed by atoms with Crippen molar-refractivity contribution >= 4 is 29.1 Å². The molecule has 0 radical (unpaired) electrons. The van der Waals surface area contributed by atoms with Crippen LogP contribution in [-0.4, -0.2) is 70.4 Å². The lowest BCUT2D eigenvalue weighted by atomic mass is 9.85. The summed E-state index contributed by atoms with van der Waals surface area (Å²) in [7, 11) is 0. The van der Waals surface area contributed by atoms with Crippen LogP contribution in [0, 0.1) is 18.3 Å². The van der Waals surface area contributed by atoms with Gasteiger partial charge in [0.15, 0.2) is 0 Å². The molecule has 8 nitrogen and oxygen atoms in total. The van der Waals surface area contributed by atoms with E-state index in [1.807, 2.05) is 46.8 Å². The lowest BCUT2D eigenvalue weighted by Gasteiger charge is -2.39. The summed E-state index contributed by atoms with van der Waals surface area (Å²) < 4.78 is 0. The quantitative estimate of drug-likeness (QED) is 0.645. The second kappa shape index (κ2) is 9.93. The van der Waals surface area contributed by atoms with Gasteiger partial charge in [-0.25, -0.2) is 0 Å². The number of rotatable bonds is 6. The van der Waals surface area contributed by atoms with Crippen LogP contribution in [0.5, 0.6) is 0 Å². The minimum absolute atomic E-state index is 0.0159. The molecule has 1 aliphatic heterocycles. The molecule has 0 spiro atoms. The monoisotopic (exact) mass is 455 g/mol. The predicted octanol–water partition coefficient (Wildman–Crippen LogP) is 3.22. The summed E-state index contributed by atoms with van der Waals surface area (Å²) in [6.45, 7) is 13.2. The van der Waals surface area contributed by atoms with E-state index >= 15 is 0 Å². The average molecular weight is 456 g/mol. The van der Waals surface area contributed by atoms with Gasteiger partial charge < -0.3 is 20.1 Å². The molecule has 2 N–H and O–H groups in total. The molecule has 2 fully saturated rings. The van der Waals surface area contributed by atoms with Gasteiger partial charge in [0.05, 0.1) is 11.3 Å². The first-order chi connectivity index (χ1) is 15.5. The van der Waals surface area contributed by atoms with Crippen LogP contribution in [0.3, 0.4) is 0 Å². The van der Waals surface area contributed by atoms with Gasteiger partial charge >= 0.3 is 0 Å². The van der Waals surface area contributed by atoms with E-state index in [4.69, 9.17) is 4.99 Å². The number of aryl methyl sites for hydroxylation is 1. The molecule has 33 heavy (non-hydrogen) atoms. The summed E-state index contributed by atoms with van der Waals surface area (Å²) in [4.78, 5) is 49.8. The van der Waals surface area contributed by atoms with Crippen molar-refractivity contribution in [3.05, 3.63) is 29.6 Å². The lowest BCUT2D eigenvalue weighted by molar-refractivity contribution is -0.141. The Morgan fingerprint density at radius 2 is 1.76 bits per heavy atom. The molecule has 1 saturated carbocycles. The number of H-pyrrole nitrogens is 1. The number of piperazine rings is 1. The van der Waals surface area contributed by atoms with Crippen LogP contribution < -0.4 is 5.32 Å². The topological polar surface area (TPSA) is 97.9 Å².